The first-order valence-electron chi connectivity index (χ1n) is 7.04. The van der Waals surface area contributed by atoms with Gasteiger partial charge in [0.1, 0.15) is 0 Å². The average molecular weight is 318 g/mol. The first-order valence-corrected chi connectivity index (χ1v) is 9.96. The van der Waals surface area contributed by atoms with Gasteiger partial charge in [0.2, 0.25) is 0 Å². The van der Waals surface area contributed by atoms with Gasteiger partial charge in [-0.3, -0.25) is 0 Å². The zero-order valence-electron chi connectivity index (χ0n) is 11.9. The monoisotopic (exact) mass is 317 g/mol. The SMILES string of the molecule is CCNC1CCC(CC)CC1Sc1nnc(SC)s1. The summed E-state index contributed by atoms with van der Waals surface area (Å²) in [5, 5.41) is 12.8. The van der Waals surface area contributed by atoms with Crippen molar-refractivity contribution >= 4 is 34.9 Å². The van der Waals surface area contributed by atoms with Gasteiger partial charge in [-0.15, -0.1) is 10.2 Å². The maximum absolute atomic E-state index is 4.31. The van der Waals surface area contributed by atoms with Crippen molar-refractivity contribution in [2.24, 2.45) is 5.92 Å². The molecule has 19 heavy (non-hydrogen) atoms. The fourth-order valence-corrected chi connectivity index (χ4v) is 5.74. The van der Waals surface area contributed by atoms with Crippen LogP contribution < -0.4 is 5.32 Å². The van der Waals surface area contributed by atoms with E-state index in [0.29, 0.717) is 11.3 Å². The molecule has 0 aliphatic heterocycles. The summed E-state index contributed by atoms with van der Waals surface area (Å²) < 4.78 is 2.21. The molecular weight excluding hydrogens is 294 g/mol. The molecule has 1 aromatic rings. The van der Waals surface area contributed by atoms with Crippen molar-refractivity contribution in [2.45, 2.75) is 59.5 Å². The second-order valence-corrected chi connectivity index (χ2v) is 8.46. The van der Waals surface area contributed by atoms with Crippen molar-refractivity contribution in [1.29, 1.82) is 0 Å². The fraction of sp³-hybridized carbons (Fsp3) is 0.846. The highest BCUT2D eigenvalue weighted by atomic mass is 32.2. The number of hydrogen-bond donors (Lipinski definition) is 1. The topological polar surface area (TPSA) is 37.8 Å². The fourth-order valence-electron chi connectivity index (χ4n) is 2.67. The third-order valence-corrected chi connectivity index (χ3v) is 7.10. The number of aromatic nitrogens is 2. The number of hydrogen-bond acceptors (Lipinski definition) is 6. The first-order chi connectivity index (χ1) is 9.26. The Kier molecular flexibility index (Phi) is 6.45. The van der Waals surface area contributed by atoms with Gasteiger partial charge < -0.3 is 5.32 Å². The van der Waals surface area contributed by atoms with Crippen molar-refractivity contribution in [3.05, 3.63) is 0 Å². The van der Waals surface area contributed by atoms with Crippen LogP contribution in [0.2, 0.25) is 0 Å². The van der Waals surface area contributed by atoms with Crippen LogP contribution in [0, 0.1) is 5.92 Å². The van der Waals surface area contributed by atoms with Crippen LogP contribution >= 0.6 is 34.9 Å². The zero-order chi connectivity index (χ0) is 13.7. The summed E-state index contributed by atoms with van der Waals surface area (Å²) >= 11 is 5.35. The number of rotatable bonds is 6. The third-order valence-electron chi connectivity index (χ3n) is 3.76. The van der Waals surface area contributed by atoms with Gasteiger partial charge in [-0.1, -0.05) is 55.1 Å². The van der Waals surface area contributed by atoms with Crippen LogP contribution in [-0.4, -0.2) is 34.3 Å². The van der Waals surface area contributed by atoms with Crippen molar-refractivity contribution < 1.29 is 0 Å². The molecular formula is C13H23N3S3. The molecule has 1 fully saturated rings. The summed E-state index contributed by atoms with van der Waals surface area (Å²) in [5.74, 6) is 0.889. The molecule has 3 unspecified atom stereocenters. The summed E-state index contributed by atoms with van der Waals surface area (Å²) in [6, 6.07) is 0.638. The van der Waals surface area contributed by atoms with Gasteiger partial charge in [0.05, 0.1) is 0 Å². The van der Waals surface area contributed by atoms with E-state index >= 15 is 0 Å². The normalized spacial score (nSPS) is 27.6. The number of thioether (sulfide) groups is 2. The molecule has 0 spiro atoms. The summed E-state index contributed by atoms with van der Waals surface area (Å²) in [7, 11) is 0. The Bertz CT molecular complexity index is 383. The molecule has 0 radical (unpaired) electrons. The maximum Gasteiger partial charge on any atom is 0.175 e. The van der Waals surface area contributed by atoms with Gasteiger partial charge >= 0.3 is 0 Å². The molecule has 0 saturated heterocycles. The van der Waals surface area contributed by atoms with E-state index in [1.165, 1.54) is 25.7 Å². The largest absolute Gasteiger partial charge is 0.313 e. The van der Waals surface area contributed by atoms with E-state index in [1.54, 1.807) is 23.1 Å². The standard InChI is InChI=1S/C13H23N3S3/c1-4-9-6-7-10(14-5-2)11(8-9)18-13-16-15-12(17-3)19-13/h9-11,14H,4-8H2,1-3H3. The molecule has 0 aromatic carbocycles. The molecule has 3 nitrogen and oxygen atoms in total. The summed E-state index contributed by atoms with van der Waals surface area (Å²) in [4.78, 5) is 0. The van der Waals surface area contributed by atoms with Crippen molar-refractivity contribution in [1.82, 2.24) is 15.5 Å². The van der Waals surface area contributed by atoms with Gasteiger partial charge in [-0.2, -0.15) is 0 Å². The summed E-state index contributed by atoms with van der Waals surface area (Å²) in [6.07, 6.45) is 7.36. The maximum atomic E-state index is 4.31. The van der Waals surface area contributed by atoms with E-state index in [-0.39, 0.29) is 0 Å². The lowest BCUT2D eigenvalue weighted by Gasteiger charge is -2.35. The number of nitrogens with one attached hydrogen (secondary N) is 1. The van der Waals surface area contributed by atoms with Gasteiger partial charge in [-0.25, -0.2) is 0 Å². The third kappa shape index (κ3) is 4.34. The molecule has 1 saturated carbocycles. The van der Waals surface area contributed by atoms with Gasteiger partial charge in [-0.05, 0) is 38.0 Å². The molecule has 1 heterocycles. The van der Waals surface area contributed by atoms with Crippen molar-refractivity contribution in [2.75, 3.05) is 12.8 Å². The Hall–Kier alpha value is 0.220. The van der Waals surface area contributed by atoms with E-state index in [9.17, 15) is 0 Å². The molecule has 2 rings (SSSR count). The minimum atomic E-state index is 0.638. The quantitative estimate of drug-likeness (QED) is 0.805. The second-order valence-electron chi connectivity index (χ2n) is 4.95. The zero-order valence-corrected chi connectivity index (χ0v) is 14.3. The number of nitrogens with zero attached hydrogens (tertiary/aromatic N) is 2. The van der Waals surface area contributed by atoms with Crippen LogP contribution in [-0.2, 0) is 0 Å². The molecule has 0 amide bonds. The minimum absolute atomic E-state index is 0.638. The molecule has 108 valence electrons. The molecule has 1 aliphatic carbocycles. The second kappa shape index (κ2) is 7.86. The van der Waals surface area contributed by atoms with Gasteiger partial charge in [0.25, 0.3) is 0 Å². The summed E-state index contributed by atoms with van der Waals surface area (Å²) in [6.45, 7) is 5.58. The lowest BCUT2D eigenvalue weighted by molar-refractivity contribution is 0.298. The Labute approximate surface area is 128 Å². The Morgan fingerprint density at radius 3 is 2.68 bits per heavy atom. The van der Waals surface area contributed by atoms with Crippen LogP contribution in [0.15, 0.2) is 8.68 Å². The lowest BCUT2D eigenvalue weighted by Crippen LogP contribution is -2.42. The minimum Gasteiger partial charge on any atom is -0.313 e. The Balaban J connectivity index is 1.99. The van der Waals surface area contributed by atoms with Crippen LogP contribution in [0.4, 0.5) is 0 Å². The van der Waals surface area contributed by atoms with E-state index in [0.717, 1.165) is 21.1 Å². The van der Waals surface area contributed by atoms with Crippen molar-refractivity contribution in [3.8, 4) is 0 Å². The van der Waals surface area contributed by atoms with Crippen LogP contribution in [0.5, 0.6) is 0 Å². The highest BCUT2D eigenvalue weighted by Gasteiger charge is 2.30. The Morgan fingerprint density at radius 1 is 1.26 bits per heavy atom. The van der Waals surface area contributed by atoms with E-state index in [2.05, 4.69) is 35.6 Å². The lowest BCUT2D eigenvalue weighted by atomic mass is 9.84. The van der Waals surface area contributed by atoms with Gasteiger partial charge in [0.15, 0.2) is 8.68 Å². The average Bonchev–Trinajstić information content (AvgIpc) is 2.88. The van der Waals surface area contributed by atoms with Crippen LogP contribution in [0.1, 0.15) is 39.5 Å². The van der Waals surface area contributed by atoms with Crippen LogP contribution in [0.3, 0.4) is 0 Å². The highest BCUT2D eigenvalue weighted by Crippen LogP contribution is 2.39. The predicted octanol–water partition coefficient (Wildman–Crippen LogP) is 3.91. The Morgan fingerprint density at radius 2 is 2.05 bits per heavy atom. The molecule has 3 atom stereocenters. The molecule has 1 N–H and O–H groups in total. The molecule has 1 aliphatic rings. The van der Waals surface area contributed by atoms with E-state index in [1.807, 2.05) is 11.8 Å². The van der Waals surface area contributed by atoms with Gasteiger partial charge in [0, 0.05) is 11.3 Å². The highest BCUT2D eigenvalue weighted by molar-refractivity contribution is 8.03. The summed E-state index contributed by atoms with van der Waals surface area (Å²) in [5.41, 5.74) is 0. The van der Waals surface area contributed by atoms with Crippen LogP contribution in [0.25, 0.3) is 0 Å². The smallest absolute Gasteiger partial charge is 0.175 e. The van der Waals surface area contributed by atoms with Crippen molar-refractivity contribution in [3.63, 3.8) is 0 Å². The molecule has 0 bridgehead atoms. The molecule has 1 aromatic heterocycles. The predicted molar refractivity (Wildman–Crippen MR) is 86.4 cm³/mol. The van der Waals surface area contributed by atoms with E-state index in [4.69, 9.17) is 0 Å². The van der Waals surface area contributed by atoms with E-state index < -0.39 is 0 Å². The first kappa shape index (κ1) is 15.6. The molecule has 6 heteroatoms.